The number of aromatic hydroxyl groups is 1. The minimum Gasteiger partial charge on any atom is -0.504 e. The number of phenolic OH excluding ortho intramolecular Hbond substituents is 1. The molecule has 1 saturated carbocycles. The van der Waals surface area contributed by atoms with Gasteiger partial charge in [0.2, 0.25) is 0 Å². The van der Waals surface area contributed by atoms with Crippen LogP contribution in [0.3, 0.4) is 0 Å². The minimum absolute atomic E-state index is 0.0235. The van der Waals surface area contributed by atoms with E-state index in [1.54, 1.807) is 12.1 Å². The molecule has 2 aromatic carbocycles. The molecule has 4 rings (SSSR count). The average molecular weight is 543 g/mol. The van der Waals surface area contributed by atoms with Crippen molar-refractivity contribution in [3.8, 4) is 16.9 Å². The van der Waals surface area contributed by atoms with E-state index >= 15 is 0 Å². The third-order valence-electron chi connectivity index (χ3n) is 6.68. The molecule has 1 atom stereocenters. The number of anilines is 1. The Morgan fingerprint density at radius 3 is 2.45 bits per heavy atom. The smallest absolute Gasteiger partial charge is 0.405 e. The summed E-state index contributed by atoms with van der Waals surface area (Å²) in [5.41, 5.74) is 7.80. The van der Waals surface area contributed by atoms with E-state index in [9.17, 15) is 23.9 Å². The zero-order chi connectivity index (χ0) is 27.6. The first-order chi connectivity index (χ1) is 18.0. The SMILES string of the molecule is CC(=O)c1cnc2ccc(-c3cc(F)c(O)c(Cl)c3)cc2c1NC1CCC(NC(=O)C(C)OC(N)=O)CC1. The van der Waals surface area contributed by atoms with Crippen LogP contribution in [0.15, 0.2) is 36.5 Å². The molecule has 5 N–H and O–H groups in total. The predicted molar refractivity (Wildman–Crippen MR) is 142 cm³/mol. The molecule has 3 aromatic rings. The molecule has 9 nitrogen and oxygen atoms in total. The first kappa shape index (κ1) is 27.1. The summed E-state index contributed by atoms with van der Waals surface area (Å²) >= 11 is 5.98. The molecule has 200 valence electrons. The van der Waals surface area contributed by atoms with Crippen molar-refractivity contribution in [3.63, 3.8) is 0 Å². The third kappa shape index (κ3) is 5.96. The number of carbonyl (C=O) groups excluding carboxylic acids is 3. The number of pyridine rings is 1. The monoisotopic (exact) mass is 542 g/mol. The molecule has 2 amide bonds. The Balaban J connectivity index is 1.56. The van der Waals surface area contributed by atoms with Gasteiger partial charge in [-0.05, 0) is 74.9 Å². The summed E-state index contributed by atoms with van der Waals surface area (Å²) in [5.74, 6) is -2.00. The molecular formula is C27H28ClFN4O5. The van der Waals surface area contributed by atoms with Crippen molar-refractivity contribution < 1.29 is 28.6 Å². The van der Waals surface area contributed by atoms with Crippen LogP contribution in [0.4, 0.5) is 14.9 Å². The predicted octanol–water partition coefficient (Wildman–Crippen LogP) is 4.93. The number of amides is 2. The van der Waals surface area contributed by atoms with Gasteiger partial charge in [-0.15, -0.1) is 0 Å². The molecule has 1 heterocycles. The molecule has 11 heteroatoms. The highest BCUT2D eigenvalue weighted by molar-refractivity contribution is 6.32. The number of phenols is 1. The number of nitrogens with two attached hydrogens (primary N) is 1. The topological polar surface area (TPSA) is 144 Å². The number of aromatic nitrogens is 1. The highest BCUT2D eigenvalue weighted by atomic mass is 35.5. The van der Waals surface area contributed by atoms with Crippen molar-refractivity contribution in [2.24, 2.45) is 5.73 Å². The number of ketones is 1. The number of hydrogen-bond donors (Lipinski definition) is 4. The van der Waals surface area contributed by atoms with Crippen molar-refractivity contribution in [2.45, 2.75) is 57.7 Å². The van der Waals surface area contributed by atoms with Gasteiger partial charge in [-0.3, -0.25) is 14.6 Å². The molecule has 38 heavy (non-hydrogen) atoms. The van der Waals surface area contributed by atoms with Gasteiger partial charge in [-0.25, -0.2) is 9.18 Å². The summed E-state index contributed by atoms with van der Waals surface area (Å²) in [6, 6.07) is 7.97. The molecule has 1 aliphatic rings. The fourth-order valence-electron chi connectivity index (χ4n) is 4.66. The molecule has 0 aliphatic heterocycles. The lowest BCUT2D eigenvalue weighted by Crippen LogP contribution is -2.45. The Morgan fingerprint density at radius 2 is 1.82 bits per heavy atom. The number of hydrogen-bond acceptors (Lipinski definition) is 7. The fourth-order valence-corrected chi connectivity index (χ4v) is 4.87. The van der Waals surface area contributed by atoms with Crippen LogP contribution in [-0.4, -0.2) is 46.1 Å². The number of Topliss-reactive ketones (excluding diaryl/α,β-unsaturated/α-hetero) is 1. The first-order valence-electron chi connectivity index (χ1n) is 12.2. The highest BCUT2D eigenvalue weighted by Gasteiger charge is 2.26. The summed E-state index contributed by atoms with van der Waals surface area (Å²) in [4.78, 5) is 40.0. The number of halogens is 2. The number of nitrogens with zero attached hydrogens (tertiary/aromatic N) is 1. The van der Waals surface area contributed by atoms with E-state index in [1.807, 2.05) is 6.07 Å². The number of benzene rings is 2. The quantitative estimate of drug-likeness (QED) is 0.310. The van der Waals surface area contributed by atoms with Crippen molar-refractivity contribution >= 4 is 46.0 Å². The van der Waals surface area contributed by atoms with E-state index in [-0.39, 0.29) is 22.9 Å². The van der Waals surface area contributed by atoms with Gasteiger partial charge in [0.1, 0.15) is 0 Å². The molecule has 0 radical (unpaired) electrons. The molecule has 0 bridgehead atoms. The normalized spacial score (nSPS) is 18.0. The van der Waals surface area contributed by atoms with E-state index in [0.717, 1.165) is 12.8 Å². The van der Waals surface area contributed by atoms with Crippen molar-refractivity contribution in [1.29, 1.82) is 0 Å². The number of primary amides is 1. The number of nitrogens with one attached hydrogen (secondary N) is 2. The van der Waals surface area contributed by atoms with Crippen LogP contribution in [0.1, 0.15) is 49.9 Å². The summed E-state index contributed by atoms with van der Waals surface area (Å²) in [6.45, 7) is 2.93. The van der Waals surface area contributed by atoms with Crippen molar-refractivity contribution in [2.75, 3.05) is 5.32 Å². The summed E-state index contributed by atoms with van der Waals surface area (Å²) in [7, 11) is 0. The van der Waals surface area contributed by atoms with E-state index < -0.39 is 29.7 Å². The molecule has 1 unspecified atom stereocenters. The van der Waals surface area contributed by atoms with Gasteiger partial charge in [0.15, 0.2) is 23.5 Å². The maximum Gasteiger partial charge on any atom is 0.405 e. The average Bonchev–Trinajstić information content (AvgIpc) is 2.87. The van der Waals surface area contributed by atoms with Crippen LogP contribution in [0.25, 0.3) is 22.0 Å². The maximum atomic E-state index is 14.2. The number of carbonyl (C=O) groups is 3. The Bertz CT molecular complexity index is 1380. The Hall–Kier alpha value is -3.92. The van der Waals surface area contributed by atoms with Gasteiger partial charge in [-0.2, -0.15) is 0 Å². The minimum atomic E-state index is -1.01. The standard InChI is InChI=1S/C27H28ClFN4O5/c1-13(34)20-12-31-23-8-3-15(16-10-21(28)25(35)22(29)11-16)9-19(23)24(20)32-17-4-6-18(7-5-17)33-26(36)14(2)38-27(30)37/h3,8-12,14,17-18,35H,4-7H2,1-2H3,(H2,30,37)(H,31,32)(H,33,36). The number of ether oxygens (including phenoxy) is 1. The van der Waals surface area contributed by atoms with Crippen LogP contribution in [0.5, 0.6) is 5.75 Å². The second kappa shape index (κ2) is 11.2. The zero-order valence-corrected chi connectivity index (χ0v) is 21.6. The van der Waals surface area contributed by atoms with E-state index in [1.165, 1.54) is 32.2 Å². The van der Waals surface area contributed by atoms with E-state index in [2.05, 4.69) is 15.6 Å². The second-order valence-corrected chi connectivity index (χ2v) is 9.81. The number of fused-ring (bicyclic) bond motifs is 1. The van der Waals surface area contributed by atoms with Crippen LogP contribution in [0.2, 0.25) is 5.02 Å². The summed E-state index contributed by atoms with van der Waals surface area (Å²) < 4.78 is 18.9. The molecule has 0 spiro atoms. The van der Waals surface area contributed by atoms with Gasteiger partial charge in [0.25, 0.3) is 5.91 Å². The van der Waals surface area contributed by atoms with Gasteiger partial charge in [0.05, 0.1) is 21.8 Å². The van der Waals surface area contributed by atoms with E-state index in [4.69, 9.17) is 22.1 Å². The van der Waals surface area contributed by atoms with Gasteiger partial charge < -0.3 is 26.2 Å². The highest BCUT2D eigenvalue weighted by Crippen LogP contribution is 2.36. The summed E-state index contributed by atoms with van der Waals surface area (Å²) in [6.07, 6.45) is 2.36. The van der Waals surface area contributed by atoms with Gasteiger partial charge >= 0.3 is 6.09 Å². The number of rotatable bonds is 7. The molecule has 1 aliphatic carbocycles. The molecule has 1 aromatic heterocycles. The maximum absolute atomic E-state index is 14.2. The Kier molecular flexibility index (Phi) is 8.01. The first-order valence-corrected chi connectivity index (χ1v) is 12.6. The fraction of sp³-hybridized carbons (Fsp3) is 0.333. The zero-order valence-electron chi connectivity index (χ0n) is 20.9. The molecule has 1 fully saturated rings. The second-order valence-electron chi connectivity index (χ2n) is 9.40. The van der Waals surface area contributed by atoms with Crippen LogP contribution in [0, 0.1) is 5.82 Å². The lowest BCUT2D eigenvalue weighted by atomic mass is 9.90. The van der Waals surface area contributed by atoms with Gasteiger partial charge in [0, 0.05) is 23.7 Å². The van der Waals surface area contributed by atoms with Crippen LogP contribution < -0.4 is 16.4 Å². The van der Waals surface area contributed by atoms with Crippen molar-refractivity contribution in [3.05, 3.63) is 52.9 Å². The van der Waals surface area contributed by atoms with Crippen molar-refractivity contribution in [1.82, 2.24) is 10.3 Å². The largest absolute Gasteiger partial charge is 0.504 e. The van der Waals surface area contributed by atoms with Gasteiger partial charge in [-0.1, -0.05) is 17.7 Å². The Morgan fingerprint density at radius 1 is 1.13 bits per heavy atom. The van der Waals surface area contributed by atoms with Crippen LogP contribution >= 0.6 is 11.6 Å². The molecular weight excluding hydrogens is 515 g/mol. The Labute approximate surface area is 223 Å². The molecule has 0 saturated heterocycles. The third-order valence-corrected chi connectivity index (χ3v) is 6.97. The van der Waals surface area contributed by atoms with E-state index in [0.29, 0.717) is 46.1 Å². The van der Waals surface area contributed by atoms with Crippen LogP contribution in [-0.2, 0) is 9.53 Å². The summed E-state index contributed by atoms with van der Waals surface area (Å²) in [5, 5.41) is 16.7. The lowest BCUT2D eigenvalue weighted by Gasteiger charge is -2.31. The lowest BCUT2D eigenvalue weighted by molar-refractivity contribution is -0.129.